The second kappa shape index (κ2) is 14.4. The molecule has 3 saturated heterocycles. The number of aliphatic hydroxyl groups excluding tert-OH is 1. The molecule has 10 nitrogen and oxygen atoms in total. The molecule has 47 heavy (non-hydrogen) atoms. The Morgan fingerprint density at radius 3 is 2.60 bits per heavy atom. The highest BCUT2D eigenvalue weighted by Crippen LogP contribution is 2.59. The third-order valence-electron chi connectivity index (χ3n) is 10.2. The van der Waals surface area contributed by atoms with Crippen LogP contribution in [0.15, 0.2) is 67.8 Å². The van der Waals surface area contributed by atoms with Gasteiger partial charge in [0.25, 0.3) is 5.91 Å². The van der Waals surface area contributed by atoms with Gasteiger partial charge in [0, 0.05) is 18.7 Å². The fourth-order valence-corrected chi connectivity index (χ4v) is 7.65. The van der Waals surface area contributed by atoms with E-state index in [1.165, 1.54) is 4.90 Å². The van der Waals surface area contributed by atoms with Gasteiger partial charge in [0.15, 0.2) is 0 Å². The topological polar surface area (TPSA) is 125 Å². The standard InChI is InChI=1S/C37H47N3O7/c1-6-9-14-30(42)38-21-24(5)46-36(45)31-29-17-18-37(47-29)32(31)34(43)40(28(22-41)23(4)8-3)33(37)35(44)39(19-7-2)27-16-15-25-12-10-11-13-26(25)20-27/h6-7,10-13,15-16,20,23-24,28-29,31-33,41H,1-2,8-9,14,17-19,21-22H2,3-5H3,(H,38,42)/t23-,24+,28-,29-,31+,32+,33-,37+/m0/s1. The molecule has 3 fully saturated rings. The number of anilines is 1. The lowest BCUT2D eigenvalue weighted by Gasteiger charge is -2.41. The van der Waals surface area contributed by atoms with Crippen LogP contribution >= 0.6 is 0 Å². The molecule has 0 aromatic heterocycles. The van der Waals surface area contributed by atoms with Gasteiger partial charge >= 0.3 is 5.97 Å². The lowest BCUT2D eigenvalue weighted by atomic mass is 9.70. The van der Waals surface area contributed by atoms with E-state index < -0.39 is 47.7 Å². The normalized spacial score (nSPS) is 26.4. The molecule has 252 valence electrons. The van der Waals surface area contributed by atoms with E-state index >= 15 is 0 Å². The Hall–Kier alpha value is -4.02. The van der Waals surface area contributed by atoms with Gasteiger partial charge < -0.3 is 29.7 Å². The molecule has 2 aromatic carbocycles. The van der Waals surface area contributed by atoms with E-state index in [1.807, 2.05) is 56.3 Å². The molecule has 3 aliphatic heterocycles. The van der Waals surface area contributed by atoms with Crippen molar-refractivity contribution >= 4 is 40.2 Å². The van der Waals surface area contributed by atoms with Crippen molar-refractivity contribution < 1.29 is 33.8 Å². The number of nitrogens with zero attached hydrogens (tertiary/aromatic N) is 2. The summed E-state index contributed by atoms with van der Waals surface area (Å²) in [6.45, 7) is 13.1. The Morgan fingerprint density at radius 2 is 1.91 bits per heavy atom. The van der Waals surface area contributed by atoms with Crippen LogP contribution in [0.2, 0.25) is 0 Å². The third-order valence-corrected chi connectivity index (χ3v) is 10.2. The number of likely N-dealkylation sites (tertiary alicyclic amines) is 1. The molecule has 2 aromatic rings. The summed E-state index contributed by atoms with van der Waals surface area (Å²) in [5, 5.41) is 15.4. The van der Waals surface area contributed by atoms with Gasteiger partial charge in [-0.1, -0.05) is 62.8 Å². The Morgan fingerprint density at radius 1 is 1.17 bits per heavy atom. The van der Waals surface area contributed by atoms with E-state index in [1.54, 1.807) is 24.0 Å². The van der Waals surface area contributed by atoms with Crippen LogP contribution in [0.25, 0.3) is 10.8 Å². The summed E-state index contributed by atoms with van der Waals surface area (Å²) in [6.07, 6.45) is 4.47. The predicted octanol–water partition coefficient (Wildman–Crippen LogP) is 4.15. The zero-order chi connectivity index (χ0) is 33.9. The Kier molecular flexibility index (Phi) is 10.5. The molecule has 3 amide bonds. The van der Waals surface area contributed by atoms with Gasteiger partial charge in [-0.3, -0.25) is 19.2 Å². The first-order valence-electron chi connectivity index (χ1n) is 16.7. The molecule has 3 heterocycles. The van der Waals surface area contributed by atoms with Crippen molar-refractivity contribution in [3.8, 4) is 0 Å². The summed E-state index contributed by atoms with van der Waals surface area (Å²) in [7, 11) is 0. The van der Waals surface area contributed by atoms with E-state index in [9.17, 15) is 24.3 Å². The summed E-state index contributed by atoms with van der Waals surface area (Å²) in [5.74, 6) is -3.48. The van der Waals surface area contributed by atoms with Crippen LogP contribution in [0.5, 0.6) is 0 Å². The number of ether oxygens (including phenoxy) is 2. The number of allylic oxidation sites excluding steroid dienone is 1. The number of amides is 3. The number of hydrogen-bond donors (Lipinski definition) is 2. The number of hydrogen-bond acceptors (Lipinski definition) is 7. The van der Waals surface area contributed by atoms with Crippen LogP contribution in [0.4, 0.5) is 5.69 Å². The van der Waals surface area contributed by atoms with Crippen LogP contribution in [0.1, 0.15) is 52.9 Å². The van der Waals surface area contributed by atoms with Crippen LogP contribution in [0, 0.1) is 17.8 Å². The molecule has 2 N–H and O–H groups in total. The average molecular weight is 646 g/mol. The lowest BCUT2D eigenvalue weighted by Crippen LogP contribution is -2.60. The summed E-state index contributed by atoms with van der Waals surface area (Å²) < 4.78 is 12.4. The van der Waals surface area contributed by atoms with Crippen LogP contribution < -0.4 is 10.2 Å². The van der Waals surface area contributed by atoms with Crippen molar-refractivity contribution in [2.75, 3.05) is 24.6 Å². The van der Waals surface area contributed by atoms with E-state index in [-0.39, 0.29) is 49.8 Å². The van der Waals surface area contributed by atoms with Gasteiger partial charge in [-0.05, 0) is 55.0 Å². The number of fused-ring (bicyclic) bond motifs is 2. The summed E-state index contributed by atoms with van der Waals surface area (Å²) in [6, 6.07) is 11.9. The number of nitrogens with one attached hydrogen (secondary N) is 1. The zero-order valence-corrected chi connectivity index (χ0v) is 27.6. The van der Waals surface area contributed by atoms with Gasteiger partial charge in [0.2, 0.25) is 11.8 Å². The second-order valence-electron chi connectivity index (χ2n) is 13.1. The number of esters is 1. The highest BCUT2D eigenvalue weighted by Gasteiger charge is 2.76. The van der Waals surface area contributed by atoms with Gasteiger partial charge in [0.1, 0.15) is 17.7 Å². The highest BCUT2D eigenvalue weighted by molar-refractivity contribution is 6.05. The van der Waals surface area contributed by atoms with Crippen molar-refractivity contribution in [2.45, 2.75) is 82.8 Å². The predicted molar refractivity (Wildman–Crippen MR) is 179 cm³/mol. The van der Waals surface area contributed by atoms with E-state index in [0.29, 0.717) is 31.4 Å². The fourth-order valence-electron chi connectivity index (χ4n) is 7.65. The van der Waals surface area contributed by atoms with Gasteiger partial charge in [0.05, 0.1) is 37.1 Å². The molecule has 0 aliphatic carbocycles. The number of aliphatic hydroxyl groups is 1. The molecule has 5 rings (SSSR count). The molecule has 8 atom stereocenters. The molecule has 10 heteroatoms. The number of carbonyl (C=O) groups is 4. The highest BCUT2D eigenvalue weighted by atomic mass is 16.6. The Bertz CT molecular complexity index is 1530. The fraction of sp³-hybridized carbons (Fsp3) is 0.514. The first kappa shape index (κ1) is 34.3. The maximum atomic E-state index is 14.9. The van der Waals surface area contributed by atoms with Crippen molar-refractivity contribution in [1.29, 1.82) is 0 Å². The maximum absolute atomic E-state index is 14.9. The second-order valence-corrected chi connectivity index (χ2v) is 13.1. The third kappa shape index (κ3) is 6.33. The lowest BCUT2D eigenvalue weighted by molar-refractivity contribution is -0.160. The molecular formula is C37H47N3O7. The first-order chi connectivity index (χ1) is 22.6. The summed E-state index contributed by atoms with van der Waals surface area (Å²) in [4.78, 5) is 58.5. The minimum Gasteiger partial charge on any atom is -0.460 e. The molecule has 1 spiro atoms. The minimum atomic E-state index is -1.26. The van der Waals surface area contributed by atoms with Crippen molar-refractivity contribution in [3.05, 3.63) is 67.8 Å². The van der Waals surface area contributed by atoms with E-state index in [2.05, 4.69) is 18.5 Å². The Labute approximate surface area is 276 Å². The molecule has 0 unspecified atom stereocenters. The zero-order valence-electron chi connectivity index (χ0n) is 27.6. The molecule has 0 radical (unpaired) electrons. The van der Waals surface area contributed by atoms with Crippen molar-refractivity contribution in [2.24, 2.45) is 17.8 Å². The number of carbonyl (C=O) groups excluding carboxylic acids is 4. The van der Waals surface area contributed by atoms with Gasteiger partial charge in [-0.2, -0.15) is 0 Å². The van der Waals surface area contributed by atoms with Gasteiger partial charge in [-0.25, -0.2) is 0 Å². The summed E-state index contributed by atoms with van der Waals surface area (Å²) >= 11 is 0. The van der Waals surface area contributed by atoms with Crippen LogP contribution in [0.3, 0.4) is 0 Å². The average Bonchev–Trinajstić information content (AvgIpc) is 3.72. The van der Waals surface area contributed by atoms with Crippen molar-refractivity contribution in [1.82, 2.24) is 10.2 Å². The first-order valence-corrected chi connectivity index (χ1v) is 16.7. The SMILES string of the molecule is C=CCCC(=O)NC[C@@H](C)OC(=O)[C@@H]1[C@@H]2CC[C@]3(O2)[C@H](C(=O)N(CC=C)c2ccc4ccccc4c2)N([C@@H](CO)[C@@H](C)CC)C(=O)[C@@H]13. The minimum absolute atomic E-state index is 0.125. The van der Waals surface area contributed by atoms with E-state index in [0.717, 1.165) is 10.8 Å². The number of benzene rings is 2. The largest absolute Gasteiger partial charge is 0.460 e. The molecule has 3 aliphatic rings. The summed E-state index contributed by atoms with van der Waals surface area (Å²) in [5.41, 5.74) is -0.612. The van der Waals surface area contributed by atoms with Crippen molar-refractivity contribution in [3.63, 3.8) is 0 Å². The van der Waals surface area contributed by atoms with Crippen LogP contribution in [-0.2, 0) is 28.7 Å². The van der Waals surface area contributed by atoms with Gasteiger partial charge in [-0.15, -0.1) is 13.2 Å². The molecule has 0 saturated carbocycles. The molecule has 2 bridgehead atoms. The maximum Gasteiger partial charge on any atom is 0.312 e. The Balaban J connectivity index is 1.48. The van der Waals surface area contributed by atoms with Crippen LogP contribution in [-0.4, -0.2) is 83.3 Å². The smallest absolute Gasteiger partial charge is 0.312 e. The van der Waals surface area contributed by atoms with E-state index in [4.69, 9.17) is 9.47 Å². The quantitative estimate of drug-likeness (QED) is 0.220. The molecular weight excluding hydrogens is 598 g/mol. The number of rotatable bonds is 15. The monoisotopic (exact) mass is 645 g/mol.